The van der Waals surface area contributed by atoms with Crippen LogP contribution in [0.5, 0.6) is 5.75 Å². The third-order valence-corrected chi connectivity index (χ3v) is 5.48. The molecule has 0 spiro atoms. The zero-order valence-electron chi connectivity index (χ0n) is 18.3. The molecule has 4 heterocycles. The summed E-state index contributed by atoms with van der Waals surface area (Å²) in [5.74, 6) is -0.404. The van der Waals surface area contributed by atoms with Crippen LogP contribution in [0.15, 0.2) is 49.3 Å². The van der Waals surface area contributed by atoms with Gasteiger partial charge in [-0.25, -0.2) is 24.0 Å². The maximum absolute atomic E-state index is 15.0. The van der Waals surface area contributed by atoms with Gasteiger partial charge in [0.1, 0.15) is 24.2 Å². The summed E-state index contributed by atoms with van der Waals surface area (Å²) < 4.78 is 18.0. The Morgan fingerprint density at radius 3 is 2.59 bits per heavy atom. The predicted octanol–water partition coefficient (Wildman–Crippen LogP) is 3.76. The molecule has 4 aromatic rings. The second-order valence-electron chi connectivity index (χ2n) is 9.38. The smallest absolute Gasteiger partial charge is 0.234 e. The lowest BCUT2D eigenvalue weighted by Gasteiger charge is -2.41. The van der Waals surface area contributed by atoms with Gasteiger partial charge in [0, 0.05) is 35.6 Å². The molecule has 0 atom stereocenters. The molecule has 32 heavy (non-hydrogen) atoms. The van der Waals surface area contributed by atoms with Gasteiger partial charge < -0.3 is 10.4 Å². The highest BCUT2D eigenvalue weighted by Crippen LogP contribution is 2.35. The number of benzene rings is 1. The molecule has 0 radical (unpaired) electrons. The molecule has 0 saturated heterocycles. The number of nitrogens with one attached hydrogen (secondary N) is 1. The van der Waals surface area contributed by atoms with Crippen LogP contribution in [-0.2, 0) is 0 Å². The van der Waals surface area contributed by atoms with Gasteiger partial charge in [-0.2, -0.15) is 5.10 Å². The minimum Gasteiger partial charge on any atom is -0.507 e. The molecule has 2 N–H and O–H groups in total. The van der Waals surface area contributed by atoms with E-state index in [1.807, 2.05) is 12.3 Å². The molecular weight excluding hydrogens is 409 g/mol. The maximum Gasteiger partial charge on any atom is 0.234 e. The molecule has 0 fully saturated rings. The standard InChI is InChI=1S/C23H24FN7O/c1-22(2)9-14(10-23(3,4)29-22)17-5-6-30-11-18(28-21(30)27-17)20-16(24)7-15(8-19(20)32)31-13-25-12-26-31/h5-9,11-13,29,32H,10H2,1-4H3. The van der Waals surface area contributed by atoms with E-state index in [0.717, 1.165) is 17.7 Å². The van der Waals surface area contributed by atoms with E-state index in [-0.39, 0.29) is 22.4 Å². The van der Waals surface area contributed by atoms with Crippen molar-refractivity contribution in [2.75, 3.05) is 0 Å². The number of nitrogens with zero attached hydrogens (tertiary/aromatic N) is 6. The van der Waals surface area contributed by atoms with Crippen LogP contribution in [0.4, 0.5) is 4.39 Å². The lowest BCUT2D eigenvalue weighted by molar-refractivity contribution is 0.297. The average molecular weight is 433 g/mol. The minimum atomic E-state index is -0.608. The van der Waals surface area contributed by atoms with Crippen LogP contribution in [0.1, 0.15) is 39.8 Å². The SMILES string of the molecule is CC1(C)C=C(c2ccn3cc(-c4c(O)cc(-n5cncn5)cc4F)nc3n2)CC(C)(C)N1. The maximum atomic E-state index is 15.0. The number of phenols is 1. The van der Waals surface area contributed by atoms with E-state index in [9.17, 15) is 9.50 Å². The predicted molar refractivity (Wildman–Crippen MR) is 119 cm³/mol. The highest BCUT2D eigenvalue weighted by Gasteiger charge is 2.33. The van der Waals surface area contributed by atoms with Gasteiger partial charge in [-0.05, 0) is 45.8 Å². The molecule has 0 bridgehead atoms. The molecule has 164 valence electrons. The number of imidazole rings is 1. The van der Waals surface area contributed by atoms with E-state index >= 15 is 0 Å². The fourth-order valence-electron chi connectivity index (χ4n) is 4.56. The van der Waals surface area contributed by atoms with Gasteiger partial charge in [0.2, 0.25) is 5.78 Å². The first-order chi connectivity index (χ1) is 15.1. The molecule has 0 unspecified atom stereocenters. The number of hydrogen-bond acceptors (Lipinski definition) is 6. The van der Waals surface area contributed by atoms with E-state index in [1.54, 1.807) is 10.6 Å². The quantitative estimate of drug-likeness (QED) is 0.511. The summed E-state index contributed by atoms with van der Waals surface area (Å²) in [5, 5.41) is 18.1. The Kier molecular flexibility index (Phi) is 4.42. The van der Waals surface area contributed by atoms with Crippen molar-refractivity contribution in [2.45, 2.75) is 45.2 Å². The summed E-state index contributed by atoms with van der Waals surface area (Å²) >= 11 is 0. The normalized spacial score (nSPS) is 17.5. The van der Waals surface area contributed by atoms with Gasteiger partial charge in [-0.3, -0.25) is 4.40 Å². The van der Waals surface area contributed by atoms with E-state index in [0.29, 0.717) is 17.2 Å². The minimum absolute atomic E-state index is 0.0178. The lowest BCUT2D eigenvalue weighted by Crippen LogP contribution is -2.53. The van der Waals surface area contributed by atoms with Crippen molar-refractivity contribution in [1.29, 1.82) is 0 Å². The lowest BCUT2D eigenvalue weighted by atomic mass is 9.82. The first kappa shape index (κ1) is 20.3. The van der Waals surface area contributed by atoms with Crippen LogP contribution < -0.4 is 5.32 Å². The molecule has 0 amide bonds. The highest BCUT2D eigenvalue weighted by molar-refractivity contribution is 5.72. The van der Waals surface area contributed by atoms with Crippen molar-refractivity contribution < 1.29 is 9.50 Å². The molecule has 9 heteroatoms. The Bertz CT molecular complexity index is 1330. The third kappa shape index (κ3) is 3.64. The van der Waals surface area contributed by atoms with Crippen LogP contribution in [0.3, 0.4) is 0 Å². The number of rotatable bonds is 3. The summed E-state index contributed by atoms with van der Waals surface area (Å²) in [5.41, 5.74) is 2.43. The molecule has 0 saturated carbocycles. The van der Waals surface area contributed by atoms with Crippen LogP contribution in [0.2, 0.25) is 0 Å². The van der Waals surface area contributed by atoms with Gasteiger partial charge in [0.25, 0.3) is 0 Å². The number of phenolic OH excluding ortho intramolecular Hbond substituents is 1. The molecule has 5 rings (SSSR count). The van der Waals surface area contributed by atoms with Crippen molar-refractivity contribution >= 4 is 11.4 Å². The van der Waals surface area contributed by atoms with Gasteiger partial charge in [0.15, 0.2) is 0 Å². The first-order valence-corrected chi connectivity index (χ1v) is 10.4. The molecule has 0 aliphatic carbocycles. The number of aromatic nitrogens is 6. The Balaban J connectivity index is 1.55. The fourth-order valence-corrected chi connectivity index (χ4v) is 4.56. The van der Waals surface area contributed by atoms with Crippen molar-refractivity contribution in [1.82, 2.24) is 34.4 Å². The van der Waals surface area contributed by atoms with Gasteiger partial charge in [0.05, 0.1) is 22.6 Å². The van der Waals surface area contributed by atoms with E-state index < -0.39 is 5.82 Å². The monoisotopic (exact) mass is 433 g/mol. The van der Waals surface area contributed by atoms with E-state index in [4.69, 9.17) is 4.98 Å². The van der Waals surface area contributed by atoms with Crippen molar-refractivity contribution in [3.8, 4) is 22.7 Å². The summed E-state index contributed by atoms with van der Waals surface area (Å²) in [4.78, 5) is 13.1. The molecule has 8 nitrogen and oxygen atoms in total. The van der Waals surface area contributed by atoms with Gasteiger partial charge >= 0.3 is 0 Å². The Labute approximate surface area is 184 Å². The van der Waals surface area contributed by atoms with Crippen molar-refractivity contribution in [3.63, 3.8) is 0 Å². The highest BCUT2D eigenvalue weighted by atomic mass is 19.1. The summed E-state index contributed by atoms with van der Waals surface area (Å²) in [7, 11) is 0. The van der Waals surface area contributed by atoms with Crippen LogP contribution in [0.25, 0.3) is 28.3 Å². The molecule has 1 aliphatic heterocycles. The fraction of sp³-hybridized carbons (Fsp3) is 0.304. The Hall–Kier alpha value is -3.59. The zero-order chi connectivity index (χ0) is 22.7. The molecular formula is C23H24FN7O. The second kappa shape index (κ2) is 6.96. The zero-order valence-corrected chi connectivity index (χ0v) is 18.3. The summed E-state index contributed by atoms with van der Waals surface area (Å²) in [6, 6.07) is 4.66. The summed E-state index contributed by atoms with van der Waals surface area (Å²) in [6.07, 6.45) is 9.30. The number of fused-ring (bicyclic) bond motifs is 1. The molecule has 1 aromatic carbocycles. The summed E-state index contributed by atoms with van der Waals surface area (Å²) in [6.45, 7) is 8.61. The van der Waals surface area contributed by atoms with Gasteiger partial charge in [-0.1, -0.05) is 6.08 Å². The van der Waals surface area contributed by atoms with Crippen molar-refractivity contribution in [3.05, 3.63) is 60.8 Å². The topological polar surface area (TPSA) is 93.2 Å². The Morgan fingerprint density at radius 1 is 1.12 bits per heavy atom. The average Bonchev–Trinajstić information content (AvgIpc) is 3.34. The first-order valence-electron chi connectivity index (χ1n) is 10.4. The van der Waals surface area contributed by atoms with E-state index in [1.165, 1.54) is 29.5 Å². The molecule has 3 aromatic heterocycles. The van der Waals surface area contributed by atoms with Crippen LogP contribution in [-0.4, -0.2) is 45.3 Å². The van der Waals surface area contributed by atoms with Crippen LogP contribution >= 0.6 is 0 Å². The van der Waals surface area contributed by atoms with Gasteiger partial charge in [-0.15, -0.1) is 0 Å². The van der Waals surface area contributed by atoms with Crippen molar-refractivity contribution in [2.24, 2.45) is 0 Å². The Morgan fingerprint density at radius 2 is 1.91 bits per heavy atom. The van der Waals surface area contributed by atoms with E-state index in [2.05, 4.69) is 54.2 Å². The largest absolute Gasteiger partial charge is 0.507 e. The number of halogens is 1. The van der Waals surface area contributed by atoms with Crippen LogP contribution in [0, 0.1) is 5.82 Å². The number of aromatic hydroxyl groups is 1. The molecule has 1 aliphatic rings. The number of hydrogen-bond donors (Lipinski definition) is 2. The second-order valence-corrected chi connectivity index (χ2v) is 9.38. The third-order valence-electron chi connectivity index (χ3n) is 5.48.